The number of unbranched alkanes of at least 4 members (excludes halogenated alkanes) is 4. The third-order valence-electron chi connectivity index (χ3n) is 3.07. The largest absolute Gasteiger partial charge is 0.381 e. The van der Waals surface area contributed by atoms with Gasteiger partial charge in [-0.3, -0.25) is 0 Å². The van der Waals surface area contributed by atoms with Gasteiger partial charge in [0, 0.05) is 19.8 Å². The molecule has 0 radical (unpaired) electrons. The highest BCUT2D eigenvalue weighted by atomic mass is 16.5. The van der Waals surface area contributed by atoms with E-state index >= 15 is 0 Å². The Balaban J connectivity index is -0.0000000461. The van der Waals surface area contributed by atoms with Crippen molar-refractivity contribution in [3.05, 3.63) is 0 Å². The molecule has 0 saturated heterocycles. The first-order valence-electron chi connectivity index (χ1n) is 10.2. The van der Waals surface area contributed by atoms with Gasteiger partial charge in [-0.1, -0.05) is 110 Å². The van der Waals surface area contributed by atoms with E-state index in [0.717, 1.165) is 26.2 Å². The van der Waals surface area contributed by atoms with Crippen LogP contribution in [0, 0.1) is 5.92 Å². The normalized spacial score (nSPS) is 9.67. The highest BCUT2D eigenvalue weighted by Crippen LogP contribution is 2.00. The summed E-state index contributed by atoms with van der Waals surface area (Å²) in [5.74, 6) is 0.666. The van der Waals surface area contributed by atoms with Gasteiger partial charge in [0.15, 0.2) is 0 Å². The lowest BCUT2D eigenvalue weighted by molar-refractivity contribution is 0.0455. The third kappa shape index (κ3) is 66.6. The van der Waals surface area contributed by atoms with Crippen LogP contribution in [0.25, 0.3) is 0 Å². The first-order chi connectivity index (χ1) is 11.0. The van der Waals surface area contributed by atoms with E-state index in [4.69, 9.17) is 9.47 Å². The smallest absolute Gasteiger partial charge is 0.0544 e. The van der Waals surface area contributed by atoms with Gasteiger partial charge in [0.2, 0.25) is 0 Å². The molecule has 2 heteroatoms. The quantitative estimate of drug-likeness (QED) is 0.305. The van der Waals surface area contributed by atoms with Gasteiger partial charge in [0.05, 0.1) is 6.10 Å². The van der Waals surface area contributed by atoms with E-state index in [1.807, 2.05) is 0 Å². The van der Waals surface area contributed by atoms with Crippen molar-refractivity contribution in [1.29, 1.82) is 0 Å². The molecule has 2 nitrogen and oxygen atoms in total. The summed E-state index contributed by atoms with van der Waals surface area (Å²) in [6.45, 7) is 20.1. The zero-order valence-corrected chi connectivity index (χ0v) is 17.7. The molecular weight excluding hydrogens is 332 g/mol. The molecule has 0 aromatic rings. The van der Waals surface area contributed by atoms with E-state index in [1.54, 1.807) is 0 Å². The van der Waals surface area contributed by atoms with Crippen molar-refractivity contribution in [2.24, 2.45) is 5.92 Å². The number of hydrogen-bond acceptors (Lipinski definition) is 2. The summed E-state index contributed by atoms with van der Waals surface area (Å²) in [7, 11) is 0. The maximum absolute atomic E-state index is 5.45. The lowest BCUT2D eigenvalue weighted by atomic mass is 10.2. The standard InChI is InChI=1S/C10H22O.C8H18O.C3H8.4CH4/c1-3-5-7-9-11-10-8-6-4-2;1-5-8(4)9-6-7(2)3;1-3-2;;;;/h3-10H2,1-2H3;7-8H,5-6H2,1-4H3;3H2,1-2H3;4*1H4. The second kappa shape index (κ2) is 45.0. The Kier molecular flexibility index (Phi) is 75.9. The van der Waals surface area contributed by atoms with Gasteiger partial charge in [0.25, 0.3) is 0 Å². The first kappa shape index (κ1) is 45.6. The molecular formula is C25H64O2. The van der Waals surface area contributed by atoms with E-state index in [1.165, 1.54) is 44.9 Å². The number of rotatable bonds is 12. The molecule has 0 saturated carbocycles. The van der Waals surface area contributed by atoms with E-state index in [-0.39, 0.29) is 29.7 Å². The van der Waals surface area contributed by atoms with Crippen molar-refractivity contribution in [2.45, 2.75) is 143 Å². The summed E-state index contributed by atoms with van der Waals surface area (Å²) < 4.78 is 10.9. The SMILES string of the molecule is C.C.C.C.CCC.CCC(C)OCC(C)C.CCCCCOCCCCC. The third-order valence-corrected chi connectivity index (χ3v) is 3.07. The Morgan fingerprint density at radius 2 is 1.00 bits per heavy atom. The molecule has 0 aliphatic heterocycles. The van der Waals surface area contributed by atoms with Gasteiger partial charge in [-0.2, -0.15) is 0 Å². The minimum absolute atomic E-state index is 0. The van der Waals surface area contributed by atoms with Gasteiger partial charge in [-0.15, -0.1) is 0 Å². The fourth-order valence-corrected chi connectivity index (χ4v) is 1.48. The predicted molar refractivity (Wildman–Crippen MR) is 133 cm³/mol. The predicted octanol–water partition coefficient (Wildman–Crippen LogP) is 9.80. The molecule has 0 N–H and O–H groups in total. The molecule has 0 aliphatic carbocycles. The van der Waals surface area contributed by atoms with Crippen LogP contribution in [-0.2, 0) is 9.47 Å². The van der Waals surface area contributed by atoms with Crippen LogP contribution in [0.4, 0.5) is 0 Å². The summed E-state index contributed by atoms with van der Waals surface area (Å²) in [6.07, 6.45) is 10.5. The summed E-state index contributed by atoms with van der Waals surface area (Å²) in [4.78, 5) is 0. The maximum Gasteiger partial charge on any atom is 0.0544 e. The fraction of sp³-hybridized carbons (Fsp3) is 1.00. The average molecular weight is 397 g/mol. The highest BCUT2D eigenvalue weighted by Gasteiger charge is 1.98. The van der Waals surface area contributed by atoms with Crippen molar-refractivity contribution in [3.63, 3.8) is 0 Å². The average Bonchev–Trinajstić information content (AvgIpc) is 2.53. The first-order valence-corrected chi connectivity index (χ1v) is 10.2. The molecule has 0 bridgehead atoms. The molecule has 0 aromatic heterocycles. The lowest BCUT2D eigenvalue weighted by Gasteiger charge is -2.11. The molecule has 0 spiro atoms. The minimum atomic E-state index is 0. The molecule has 27 heavy (non-hydrogen) atoms. The minimum Gasteiger partial charge on any atom is -0.381 e. The van der Waals surface area contributed by atoms with Crippen molar-refractivity contribution < 1.29 is 9.47 Å². The van der Waals surface area contributed by atoms with Gasteiger partial charge in [-0.25, -0.2) is 0 Å². The topological polar surface area (TPSA) is 18.5 Å². The molecule has 1 unspecified atom stereocenters. The Morgan fingerprint density at radius 3 is 1.26 bits per heavy atom. The van der Waals surface area contributed by atoms with Crippen LogP contribution in [0.2, 0.25) is 0 Å². The van der Waals surface area contributed by atoms with Gasteiger partial charge in [0.1, 0.15) is 0 Å². The Labute approximate surface area is 178 Å². The summed E-state index contributed by atoms with van der Waals surface area (Å²) >= 11 is 0. The van der Waals surface area contributed by atoms with Gasteiger partial charge >= 0.3 is 0 Å². The van der Waals surface area contributed by atoms with Crippen LogP contribution in [0.1, 0.15) is 136 Å². The van der Waals surface area contributed by atoms with Crippen molar-refractivity contribution in [1.82, 2.24) is 0 Å². The Morgan fingerprint density at radius 1 is 0.630 bits per heavy atom. The number of hydrogen-bond donors (Lipinski definition) is 0. The Bertz CT molecular complexity index is 162. The maximum atomic E-state index is 5.45. The van der Waals surface area contributed by atoms with Gasteiger partial charge in [-0.05, 0) is 32.1 Å². The van der Waals surface area contributed by atoms with Crippen LogP contribution in [0.3, 0.4) is 0 Å². The van der Waals surface area contributed by atoms with Gasteiger partial charge < -0.3 is 9.47 Å². The summed E-state index contributed by atoms with van der Waals surface area (Å²) in [5, 5.41) is 0. The van der Waals surface area contributed by atoms with Crippen LogP contribution in [0.5, 0.6) is 0 Å². The fourth-order valence-electron chi connectivity index (χ4n) is 1.48. The van der Waals surface area contributed by atoms with E-state index in [0.29, 0.717) is 12.0 Å². The molecule has 0 aliphatic rings. The van der Waals surface area contributed by atoms with Crippen LogP contribution in [0.15, 0.2) is 0 Å². The molecule has 176 valence electrons. The molecule has 0 amide bonds. The second-order valence-corrected chi connectivity index (χ2v) is 6.68. The summed E-state index contributed by atoms with van der Waals surface area (Å²) in [6, 6.07) is 0. The summed E-state index contributed by atoms with van der Waals surface area (Å²) in [5.41, 5.74) is 0. The zero-order valence-electron chi connectivity index (χ0n) is 17.7. The molecule has 0 aromatic carbocycles. The Hall–Kier alpha value is -0.0800. The van der Waals surface area contributed by atoms with E-state index in [9.17, 15) is 0 Å². The van der Waals surface area contributed by atoms with E-state index in [2.05, 4.69) is 55.4 Å². The molecule has 0 heterocycles. The molecule has 1 atom stereocenters. The van der Waals surface area contributed by atoms with Crippen LogP contribution < -0.4 is 0 Å². The van der Waals surface area contributed by atoms with Crippen molar-refractivity contribution >= 4 is 0 Å². The van der Waals surface area contributed by atoms with E-state index < -0.39 is 0 Å². The van der Waals surface area contributed by atoms with Crippen molar-refractivity contribution in [3.8, 4) is 0 Å². The van der Waals surface area contributed by atoms with Crippen molar-refractivity contribution in [2.75, 3.05) is 19.8 Å². The molecule has 0 fully saturated rings. The lowest BCUT2D eigenvalue weighted by Crippen LogP contribution is -2.10. The van der Waals surface area contributed by atoms with Crippen LogP contribution in [-0.4, -0.2) is 25.9 Å². The molecule has 0 rings (SSSR count). The zero-order chi connectivity index (χ0) is 18.3. The monoisotopic (exact) mass is 396 g/mol. The highest BCUT2D eigenvalue weighted by molar-refractivity contribution is 4.46. The number of ether oxygens (including phenoxy) is 2. The second-order valence-electron chi connectivity index (χ2n) is 6.68. The van der Waals surface area contributed by atoms with Crippen LogP contribution >= 0.6 is 0 Å².